The highest BCUT2D eigenvalue weighted by molar-refractivity contribution is 7.87. The highest BCUT2D eigenvalue weighted by Gasteiger charge is 2.23. The van der Waals surface area contributed by atoms with Crippen LogP contribution in [0, 0.1) is 5.92 Å². The highest BCUT2D eigenvalue weighted by atomic mass is 32.2. The van der Waals surface area contributed by atoms with Crippen molar-refractivity contribution in [3.63, 3.8) is 0 Å². The lowest BCUT2D eigenvalue weighted by atomic mass is 10.1. The fourth-order valence-electron chi connectivity index (χ4n) is 1.81. The van der Waals surface area contributed by atoms with Gasteiger partial charge in [-0.15, -0.1) is 0 Å². The van der Waals surface area contributed by atoms with Gasteiger partial charge >= 0.3 is 0 Å². The molecule has 1 fully saturated rings. The lowest BCUT2D eigenvalue weighted by molar-refractivity contribution is 0.406. The molecule has 5 nitrogen and oxygen atoms in total. The first kappa shape index (κ1) is 14.9. The van der Waals surface area contributed by atoms with E-state index in [-0.39, 0.29) is 12.0 Å². The quantitative estimate of drug-likeness (QED) is 0.766. The molecule has 0 aromatic heterocycles. The van der Waals surface area contributed by atoms with Gasteiger partial charge in [0.15, 0.2) is 0 Å². The number of hydrogen-bond acceptors (Lipinski definition) is 3. The van der Waals surface area contributed by atoms with E-state index in [1.54, 1.807) is 4.31 Å². The lowest BCUT2D eigenvalue weighted by Crippen LogP contribution is -2.47. The number of nitrogens with one attached hydrogen (secondary N) is 1. The zero-order valence-electron chi connectivity index (χ0n) is 10.9. The number of nitrogens with two attached hydrogens (primary N) is 1. The summed E-state index contributed by atoms with van der Waals surface area (Å²) in [5, 5.41) is 0. The number of hydrogen-bond donors (Lipinski definition) is 2. The van der Waals surface area contributed by atoms with Crippen LogP contribution in [-0.2, 0) is 10.2 Å². The van der Waals surface area contributed by atoms with Crippen molar-refractivity contribution < 1.29 is 8.42 Å². The number of rotatable bonds is 5. The first-order valence-electron chi connectivity index (χ1n) is 6.44. The van der Waals surface area contributed by atoms with Crippen LogP contribution in [0.25, 0.3) is 0 Å². The second kappa shape index (κ2) is 6.68. The predicted octanol–water partition coefficient (Wildman–Crippen LogP) is 0.680. The second-order valence-corrected chi connectivity index (χ2v) is 6.83. The summed E-state index contributed by atoms with van der Waals surface area (Å²) in [5.74, 6) is 0.279. The van der Waals surface area contributed by atoms with Gasteiger partial charge in [0.1, 0.15) is 0 Å². The maximum atomic E-state index is 12.0. The van der Waals surface area contributed by atoms with Crippen LogP contribution < -0.4 is 10.5 Å². The van der Waals surface area contributed by atoms with E-state index in [4.69, 9.17) is 5.73 Å². The average molecular weight is 263 g/mol. The van der Waals surface area contributed by atoms with Crippen molar-refractivity contribution in [2.24, 2.45) is 11.7 Å². The third kappa shape index (κ3) is 4.91. The van der Waals surface area contributed by atoms with E-state index in [0.29, 0.717) is 19.6 Å². The molecule has 1 atom stereocenters. The maximum absolute atomic E-state index is 12.0. The SMILES string of the molecule is CC(C)C(N)CNS(=O)(=O)N1CCCCCC1. The summed E-state index contributed by atoms with van der Waals surface area (Å²) in [6.07, 6.45) is 4.16. The summed E-state index contributed by atoms with van der Waals surface area (Å²) >= 11 is 0. The maximum Gasteiger partial charge on any atom is 0.279 e. The van der Waals surface area contributed by atoms with Crippen LogP contribution in [0.2, 0.25) is 0 Å². The molecule has 0 aromatic rings. The Morgan fingerprint density at radius 1 is 1.18 bits per heavy atom. The van der Waals surface area contributed by atoms with Gasteiger partial charge < -0.3 is 5.73 Å². The Labute approximate surface area is 105 Å². The molecule has 1 unspecified atom stereocenters. The smallest absolute Gasteiger partial charge is 0.279 e. The van der Waals surface area contributed by atoms with E-state index in [0.717, 1.165) is 25.7 Å². The Morgan fingerprint density at radius 2 is 1.71 bits per heavy atom. The van der Waals surface area contributed by atoms with Gasteiger partial charge in [0, 0.05) is 25.7 Å². The van der Waals surface area contributed by atoms with Gasteiger partial charge in [-0.3, -0.25) is 0 Å². The topological polar surface area (TPSA) is 75.4 Å². The fraction of sp³-hybridized carbons (Fsp3) is 1.00. The molecule has 0 aromatic carbocycles. The highest BCUT2D eigenvalue weighted by Crippen LogP contribution is 2.12. The molecule has 3 N–H and O–H groups in total. The zero-order chi connectivity index (χ0) is 12.9. The van der Waals surface area contributed by atoms with Gasteiger partial charge in [0.25, 0.3) is 10.2 Å². The Balaban J connectivity index is 2.49. The third-order valence-electron chi connectivity index (χ3n) is 3.26. The molecule has 1 rings (SSSR count). The van der Waals surface area contributed by atoms with Gasteiger partial charge in [-0.2, -0.15) is 12.7 Å². The van der Waals surface area contributed by atoms with Crippen molar-refractivity contribution in [3.05, 3.63) is 0 Å². The van der Waals surface area contributed by atoms with Crippen molar-refractivity contribution in [3.8, 4) is 0 Å². The predicted molar refractivity (Wildman–Crippen MR) is 69.8 cm³/mol. The van der Waals surface area contributed by atoms with Crippen LogP contribution in [0.15, 0.2) is 0 Å². The molecule has 17 heavy (non-hydrogen) atoms. The molecular formula is C11H25N3O2S. The third-order valence-corrected chi connectivity index (χ3v) is 4.84. The minimum atomic E-state index is -3.33. The summed E-state index contributed by atoms with van der Waals surface area (Å²) in [6, 6.07) is -0.128. The van der Waals surface area contributed by atoms with Crippen LogP contribution >= 0.6 is 0 Å². The second-order valence-electron chi connectivity index (χ2n) is 5.07. The van der Waals surface area contributed by atoms with Gasteiger partial charge in [-0.05, 0) is 18.8 Å². The Hall–Kier alpha value is -0.170. The van der Waals surface area contributed by atoms with Crippen LogP contribution in [0.1, 0.15) is 39.5 Å². The minimum Gasteiger partial charge on any atom is -0.326 e. The van der Waals surface area contributed by atoms with E-state index in [1.165, 1.54) is 0 Å². The van der Waals surface area contributed by atoms with Crippen molar-refractivity contribution in [1.29, 1.82) is 0 Å². The molecule has 6 heteroatoms. The molecule has 0 aliphatic carbocycles. The largest absolute Gasteiger partial charge is 0.326 e. The van der Waals surface area contributed by atoms with Crippen LogP contribution in [0.5, 0.6) is 0 Å². The average Bonchev–Trinajstić information content (AvgIpc) is 2.54. The fourth-order valence-corrected chi connectivity index (χ4v) is 3.14. The summed E-state index contributed by atoms with van der Waals surface area (Å²) in [5.41, 5.74) is 5.84. The molecule has 0 bridgehead atoms. The van der Waals surface area contributed by atoms with Crippen LogP contribution in [-0.4, -0.2) is 38.4 Å². The molecule has 1 heterocycles. The molecule has 1 saturated heterocycles. The summed E-state index contributed by atoms with van der Waals surface area (Å²) < 4.78 is 28.2. The molecule has 1 aliphatic rings. The van der Waals surface area contributed by atoms with Gasteiger partial charge in [0.05, 0.1) is 0 Å². The van der Waals surface area contributed by atoms with E-state index in [9.17, 15) is 8.42 Å². The molecule has 1 aliphatic heterocycles. The summed E-state index contributed by atoms with van der Waals surface area (Å²) in [6.45, 7) is 5.56. The summed E-state index contributed by atoms with van der Waals surface area (Å²) in [4.78, 5) is 0. The standard InChI is InChI=1S/C11H25N3O2S/c1-10(2)11(12)9-13-17(15,16)14-7-5-3-4-6-8-14/h10-11,13H,3-9,12H2,1-2H3. The van der Waals surface area contributed by atoms with Gasteiger partial charge in [-0.25, -0.2) is 4.72 Å². The molecule has 0 radical (unpaired) electrons. The van der Waals surface area contributed by atoms with Crippen molar-refractivity contribution in [2.75, 3.05) is 19.6 Å². The molecule has 102 valence electrons. The zero-order valence-corrected chi connectivity index (χ0v) is 11.7. The van der Waals surface area contributed by atoms with E-state index >= 15 is 0 Å². The van der Waals surface area contributed by atoms with Crippen molar-refractivity contribution >= 4 is 10.2 Å². The molecule has 0 saturated carbocycles. The molecule has 0 spiro atoms. The van der Waals surface area contributed by atoms with Crippen LogP contribution in [0.3, 0.4) is 0 Å². The van der Waals surface area contributed by atoms with Crippen molar-refractivity contribution in [2.45, 2.75) is 45.6 Å². The Kier molecular flexibility index (Phi) is 5.85. The summed E-state index contributed by atoms with van der Waals surface area (Å²) in [7, 11) is -3.33. The van der Waals surface area contributed by atoms with E-state index in [2.05, 4.69) is 4.72 Å². The van der Waals surface area contributed by atoms with Crippen LogP contribution in [0.4, 0.5) is 0 Å². The first-order chi connectivity index (χ1) is 7.93. The normalized spacial score (nSPS) is 21.4. The Bertz CT molecular complexity index is 309. The Morgan fingerprint density at radius 3 is 2.18 bits per heavy atom. The molecule has 0 amide bonds. The first-order valence-corrected chi connectivity index (χ1v) is 7.88. The van der Waals surface area contributed by atoms with Crippen molar-refractivity contribution in [1.82, 2.24) is 9.03 Å². The molecular weight excluding hydrogens is 238 g/mol. The van der Waals surface area contributed by atoms with Gasteiger partial charge in [-0.1, -0.05) is 26.7 Å². The van der Waals surface area contributed by atoms with Gasteiger partial charge in [0.2, 0.25) is 0 Å². The minimum absolute atomic E-state index is 0.128. The van der Waals surface area contributed by atoms with E-state index < -0.39 is 10.2 Å². The monoisotopic (exact) mass is 263 g/mol. The van der Waals surface area contributed by atoms with E-state index in [1.807, 2.05) is 13.8 Å². The lowest BCUT2D eigenvalue weighted by Gasteiger charge is -2.22. The number of nitrogens with zero attached hydrogens (tertiary/aromatic N) is 1.